The van der Waals surface area contributed by atoms with Gasteiger partial charge in [-0.25, -0.2) is 0 Å². The van der Waals surface area contributed by atoms with Gasteiger partial charge in [-0.3, -0.25) is 9.59 Å². The summed E-state index contributed by atoms with van der Waals surface area (Å²) in [4.78, 5) is 21.4. The average Bonchev–Trinajstić information content (AvgIpc) is 2.02. The maximum absolute atomic E-state index is 10.8. The fourth-order valence-corrected chi connectivity index (χ4v) is 0.898. The molecule has 0 aromatic heterocycles. The summed E-state index contributed by atoms with van der Waals surface area (Å²) in [7, 11) is 0. The summed E-state index contributed by atoms with van der Waals surface area (Å²) in [6, 6.07) is 1.22. The van der Waals surface area contributed by atoms with E-state index in [1.54, 1.807) is 6.92 Å². The Balaban J connectivity index is 4.20. The summed E-state index contributed by atoms with van der Waals surface area (Å²) in [5, 5.41) is 10.9. The Bertz CT molecular complexity index is 244. The van der Waals surface area contributed by atoms with Gasteiger partial charge in [0.05, 0.1) is 6.07 Å². The first-order valence-electron chi connectivity index (χ1n) is 3.93. The number of hydrogen-bond acceptors (Lipinski definition) is 3. The Morgan fingerprint density at radius 1 is 1.62 bits per heavy atom. The quantitative estimate of drug-likeness (QED) is 0.616. The number of carbonyl (C=O) groups excluding carboxylic acids is 2. The summed E-state index contributed by atoms with van der Waals surface area (Å²) in [6.07, 6.45) is 0.255. The van der Waals surface area contributed by atoms with Crippen molar-refractivity contribution in [3.05, 3.63) is 0 Å². The second kappa shape index (κ2) is 5.14. The molecule has 5 heteroatoms. The van der Waals surface area contributed by atoms with Crippen molar-refractivity contribution in [2.75, 3.05) is 0 Å². The Morgan fingerprint density at radius 2 is 2.15 bits per heavy atom. The highest BCUT2D eigenvalue weighted by molar-refractivity contribution is 5.85. The minimum Gasteiger partial charge on any atom is -0.368 e. The normalized spacial score (nSPS) is 13.9. The molecule has 0 fully saturated rings. The van der Waals surface area contributed by atoms with Crippen molar-refractivity contribution in [1.82, 2.24) is 5.32 Å². The van der Waals surface area contributed by atoms with Gasteiger partial charge in [0.15, 0.2) is 0 Å². The molecule has 0 heterocycles. The zero-order chi connectivity index (χ0) is 10.4. The first-order valence-corrected chi connectivity index (χ1v) is 3.93. The predicted molar refractivity (Wildman–Crippen MR) is 46.2 cm³/mol. The molecule has 0 aliphatic heterocycles. The van der Waals surface area contributed by atoms with Crippen molar-refractivity contribution in [3.8, 4) is 6.07 Å². The topological polar surface area (TPSA) is 96.0 Å². The highest BCUT2D eigenvalue weighted by Crippen LogP contribution is 2.03. The van der Waals surface area contributed by atoms with Crippen LogP contribution in [0.1, 0.15) is 20.3 Å². The minimum atomic E-state index is -0.743. The summed E-state index contributed by atoms with van der Waals surface area (Å²) < 4.78 is 0. The monoisotopic (exact) mass is 183 g/mol. The molecule has 0 bridgehead atoms. The van der Waals surface area contributed by atoms with E-state index in [0.29, 0.717) is 0 Å². The predicted octanol–water partition coefficient (Wildman–Crippen LogP) is -0.474. The van der Waals surface area contributed by atoms with Gasteiger partial charge in [-0.2, -0.15) is 5.26 Å². The third-order valence-electron chi connectivity index (χ3n) is 1.53. The van der Waals surface area contributed by atoms with Crippen molar-refractivity contribution in [1.29, 1.82) is 5.26 Å². The van der Waals surface area contributed by atoms with Crippen LogP contribution in [0.5, 0.6) is 0 Å². The standard InChI is InChI=1S/C8H13N3O2/c1-5(4-9)3-7(8(10)13)11-6(2)12/h5,7H,3H2,1-2H3,(H2,10,13)(H,11,12)/t5-,7+/m0/s1. The Morgan fingerprint density at radius 3 is 2.46 bits per heavy atom. The number of nitrogens with one attached hydrogen (secondary N) is 1. The van der Waals surface area contributed by atoms with Crippen LogP contribution < -0.4 is 11.1 Å². The van der Waals surface area contributed by atoms with Crippen LogP contribution in [-0.2, 0) is 9.59 Å². The number of amides is 2. The van der Waals surface area contributed by atoms with Gasteiger partial charge in [0.2, 0.25) is 11.8 Å². The van der Waals surface area contributed by atoms with Crippen LogP contribution in [0.2, 0.25) is 0 Å². The zero-order valence-corrected chi connectivity index (χ0v) is 7.70. The Kier molecular flexibility index (Phi) is 4.52. The second-order valence-corrected chi connectivity index (χ2v) is 2.92. The molecule has 13 heavy (non-hydrogen) atoms. The minimum absolute atomic E-state index is 0.255. The van der Waals surface area contributed by atoms with Gasteiger partial charge in [0.25, 0.3) is 0 Å². The van der Waals surface area contributed by atoms with E-state index in [1.807, 2.05) is 6.07 Å². The average molecular weight is 183 g/mol. The lowest BCUT2D eigenvalue weighted by Crippen LogP contribution is -2.44. The largest absolute Gasteiger partial charge is 0.368 e. The molecule has 0 saturated heterocycles. The lowest BCUT2D eigenvalue weighted by atomic mass is 10.0. The molecule has 0 aromatic carbocycles. The number of hydrogen-bond donors (Lipinski definition) is 2. The van der Waals surface area contributed by atoms with Crippen LogP contribution in [0, 0.1) is 17.2 Å². The van der Waals surface area contributed by atoms with E-state index in [4.69, 9.17) is 11.0 Å². The molecule has 0 radical (unpaired) electrons. The third-order valence-corrected chi connectivity index (χ3v) is 1.53. The number of nitriles is 1. The van der Waals surface area contributed by atoms with Gasteiger partial charge in [0.1, 0.15) is 6.04 Å². The van der Waals surface area contributed by atoms with Gasteiger partial charge in [-0.05, 0) is 13.3 Å². The van der Waals surface area contributed by atoms with Crippen LogP contribution in [0.15, 0.2) is 0 Å². The first kappa shape index (κ1) is 11.4. The van der Waals surface area contributed by atoms with Crippen LogP contribution in [0.25, 0.3) is 0 Å². The summed E-state index contributed by atoms with van der Waals surface area (Å²) >= 11 is 0. The van der Waals surface area contributed by atoms with Crippen LogP contribution in [0.3, 0.4) is 0 Å². The van der Waals surface area contributed by atoms with Gasteiger partial charge in [0, 0.05) is 12.8 Å². The molecule has 2 amide bonds. The number of nitrogens with zero attached hydrogens (tertiary/aromatic N) is 1. The molecular formula is C8H13N3O2. The van der Waals surface area contributed by atoms with Gasteiger partial charge in [-0.1, -0.05) is 0 Å². The molecule has 3 N–H and O–H groups in total. The highest BCUT2D eigenvalue weighted by Gasteiger charge is 2.18. The maximum Gasteiger partial charge on any atom is 0.240 e. The van der Waals surface area contributed by atoms with Crippen molar-refractivity contribution in [2.45, 2.75) is 26.3 Å². The van der Waals surface area contributed by atoms with Crippen LogP contribution >= 0.6 is 0 Å². The van der Waals surface area contributed by atoms with Gasteiger partial charge >= 0.3 is 0 Å². The molecule has 0 aliphatic carbocycles. The lowest BCUT2D eigenvalue weighted by molar-refractivity contribution is -0.126. The SMILES string of the molecule is CC(=O)N[C@H](C[C@H](C)C#N)C(N)=O. The molecule has 72 valence electrons. The van der Waals surface area contributed by atoms with E-state index in [1.165, 1.54) is 6.92 Å². The smallest absolute Gasteiger partial charge is 0.240 e. The zero-order valence-electron chi connectivity index (χ0n) is 7.70. The molecule has 0 saturated carbocycles. The molecule has 0 unspecified atom stereocenters. The number of nitrogens with two attached hydrogens (primary N) is 1. The van der Waals surface area contributed by atoms with Gasteiger partial charge in [-0.15, -0.1) is 0 Å². The van der Waals surface area contributed by atoms with E-state index >= 15 is 0 Å². The molecular weight excluding hydrogens is 170 g/mol. The Labute approximate surface area is 76.9 Å². The molecule has 0 aromatic rings. The van der Waals surface area contributed by atoms with Crippen molar-refractivity contribution < 1.29 is 9.59 Å². The van der Waals surface area contributed by atoms with Crippen LogP contribution in [-0.4, -0.2) is 17.9 Å². The van der Waals surface area contributed by atoms with Gasteiger partial charge < -0.3 is 11.1 Å². The third kappa shape index (κ3) is 4.80. The van der Waals surface area contributed by atoms with E-state index < -0.39 is 11.9 Å². The van der Waals surface area contributed by atoms with Crippen molar-refractivity contribution in [2.24, 2.45) is 11.7 Å². The molecule has 2 atom stereocenters. The molecule has 0 rings (SSSR count). The number of rotatable bonds is 4. The lowest BCUT2D eigenvalue weighted by Gasteiger charge is -2.14. The van der Waals surface area contributed by atoms with E-state index in [-0.39, 0.29) is 18.2 Å². The summed E-state index contributed by atoms with van der Waals surface area (Å²) in [5.74, 6) is -1.24. The first-order chi connectivity index (χ1) is 5.97. The fourth-order valence-electron chi connectivity index (χ4n) is 0.898. The maximum atomic E-state index is 10.8. The number of carbonyl (C=O) groups is 2. The fraction of sp³-hybridized carbons (Fsp3) is 0.625. The van der Waals surface area contributed by atoms with Crippen LogP contribution in [0.4, 0.5) is 0 Å². The molecule has 0 spiro atoms. The van der Waals surface area contributed by atoms with Crippen molar-refractivity contribution in [3.63, 3.8) is 0 Å². The summed E-state index contributed by atoms with van der Waals surface area (Å²) in [5.41, 5.74) is 5.02. The van der Waals surface area contributed by atoms with E-state index in [2.05, 4.69) is 5.32 Å². The van der Waals surface area contributed by atoms with E-state index in [0.717, 1.165) is 0 Å². The Hall–Kier alpha value is -1.57. The van der Waals surface area contributed by atoms with E-state index in [9.17, 15) is 9.59 Å². The number of primary amides is 1. The highest BCUT2D eigenvalue weighted by atomic mass is 16.2. The summed E-state index contributed by atoms with van der Waals surface area (Å²) in [6.45, 7) is 2.96. The molecule has 0 aliphatic rings. The molecule has 5 nitrogen and oxygen atoms in total. The second-order valence-electron chi connectivity index (χ2n) is 2.92. The van der Waals surface area contributed by atoms with Crippen molar-refractivity contribution >= 4 is 11.8 Å².